The zero-order chi connectivity index (χ0) is 19.0. The van der Waals surface area contributed by atoms with Crippen LogP contribution in [0.3, 0.4) is 0 Å². The van der Waals surface area contributed by atoms with Gasteiger partial charge in [0.25, 0.3) is 5.91 Å². The number of thiazole rings is 1. The molecule has 4 rings (SSSR count). The Morgan fingerprint density at radius 1 is 1.22 bits per heavy atom. The number of terminal acetylenes is 1. The molecule has 0 aliphatic carbocycles. The molecule has 1 aliphatic rings. The van der Waals surface area contributed by atoms with Gasteiger partial charge in [0.2, 0.25) is 0 Å². The lowest BCUT2D eigenvalue weighted by atomic mass is 10.2. The van der Waals surface area contributed by atoms with Crippen molar-refractivity contribution in [3.05, 3.63) is 52.3 Å². The lowest BCUT2D eigenvalue weighted by Gasteiger charge is -2.18. The number of ether oxygens (including phenoxy) is 2. The minimum Gasteiger partial charge on any atom is -0.486 e. The van der Waals surface area contributed by atoms with Crippen LogP contribution in [0.4, 0.5) is 8.78 Å². The van der Waals surface area contributed by atoms with E-state index in [1.807, 2.05) is 0 Å². The first-order valence-corrected chi connectivity index (χ1v) is 8.79. The fraction of sp³-hybridized carbons (Fsp3) is 0.158. The van der Waals surface area contributed by atoms with E-state index in [-0.39, 0.29) is 11.3 Å². The molecule has 0 spiro atoms. The second-order valence-corrected chi connectivity index (χ2v) is 6.66. The van der Waals surface area contributed by atoms with Crippen LogP contribution in [0.25, 0.3) is 10.2 Å². The number of halogens is 2. The van der Waals surface area contributed by atoms with Crippen molar-refractivity contribution in [2.24, 2.45) is 4.99 Å². The molecule has 27 heavy (non-hydrogen) atoms. The Morgan fingerprint density at radius 3 is 2.56 bits per heavy atom. The van der Waals surface area contributed by atoms with Gasteiger partial charge in [-0.2, -0.15) is 4.99 Å². The average Bonchev–Trinajstić information content (AvgIpc) is 2.96. The number of carbonyl (C=O) groups excluding carboxylic acids is 1. The van der Waals surface area contributed by atoms with E-state index in [4.69, 9.17) is 15.9 Å². The second kappa shape index (κ2) is 6.85. The number of benzene rings is 2. The second-order valence-electron chi connectivity index (χ2n) is 5.65. The van der Waals surface area contributed by atoms with Gasteiger partial charge < -0.3 is 14.0 Å². The van der Waals surface area contributed by atoms with Gasteiger partial charge in [0.05, 0.1) is 16.8 Å². The Morgan fingerprint density at radius 2 is 1.89 bits per heavy atom. The van der Waals surface area contributed by atoms with E-state index in [0.29, 0.717) is 30.2 Å². The predicted molar refractivity (Wildman–Crippen MR) is 95.9 cm³/mol. The van der Waals surface area contributed by atoms with Crippen LogP contribution in [-0.4, -0.2) is 23.7 Å². The van der Waals surface area contributed by atoms with Gasteiger partial charge in [-0.3, -0.25) is 4.79 Å². The summed E-state index contributed by atoms with van der Waals surface area (Å²) in [6.45, 7) is 1.00. The van der Waals surface area contributed by atoms with E-state index in [0.717, 1.165) is 16.8 Å². The normalized spacial score (nSPS) is 13.6. The summed E-state index contributed by atoms with van der Waals surface area (Å²) in [6.07, 6.45) is 5.44. The minimum atomic E-state index is -1.01. The van der Waals surface area contributed by atoms with Crippen molar-refractivity contribution in [1.29, 1.82) is 0 Å². The maximum Gasteiger partial charge on any atom is 0.285 e. The molecule has 3 aromatic rings. The molecule has 1 amide bonds. The fourth-order valence-corrected chi connectivity index (χ4v) is 3.82. The standard InChI is InChI=1S/C19H12F2N2O3S/c1-2-6-23-13-9-14-15(26-8-7-25-14)10-16(13)27-19(23)22-18(24)17-11(20)4-3-5-12(17)21/h1,3-5,9-10H,6-8H2. The Kier molecular flexibility index (Phi) is 4.38. The third kappa shape index (κ3) is 3.06. The van der Waals surface area contributed by atoms with Gasteiger partial charge in [0.1, 0.15) is 30.4 Å². The Hall–Kier alpha value is -3.18. The van der Waals surface area contributed by atoms with Crippen LogP contribution in [0.1, 0.15) is 10.4 Å². The summed E-state index contributed by atoms with van der Waals surface area (Å²) in [5, 5.41) is 0. The number of amides is 1. The van der Waals surface area contributed by atoms with Crippen molar-refractivity contribution in [2.75, 3.05) is 13.2 Å². The summed E-state index contributed by atoms with van der Waals surface area (Å²) in [4.78, 5) is 16.5. The fourth-order valence-electron chi connectivity index (χ4n) is 2.78. The number of hydrogen-bond acceptors (Lipinski definition) is 4. The number of hydrogen-bond donors (Lipinski definition) is 0. The van der Waals surface area contributed by atoms with E-state index in [9.17, 15) is 13.6 Å². The molecule has 2 aromatic carbocycles. The molecule has 0 N–H and O–H groups in total. The number of fused-ring (bicyclic) bond motifs is 2. The van der Waals surface area contributed by atoms with E-state index in [1.165, 1.54) is 17.4 Å². The summed E-state index contributed by atoms with van der Waals surface area (Å²) in [5.74, 6) is 0.698. The van der Waals surface area contributed by atoms with Crippen molar-refractivity contribution in [2.45, 2.75) is 6.54 Å². The third-order valence-corrected chi connectivity index (χ3v) is 5.01. The summed E-state index contributed by atoms with van der Waals surface area (Å²) in [5.41, 5.74) is -0.00377. The lowest BCUT2D eigenvalue weighted by Crippen LogP contribution is -2.18. The first-order valence-electron chi connectivity index (χ1n) is 7.98. The quantitative estimate of drug-likeness (QED) is 0.636. The van der Waals surface area contributed by atoms with Crippen molar-refractivity contribution >= 4 is 27.5 Å². The molecule has 0 unspecified atom stereocenters. The molecule has 5 nitrogen and oxygen atoms in total. The lowest BCUT2D eigenvalue weighted by molar-refractivity contribution is 0.0990. The summed E-state index contributed by atoms with van der Waals surface area (Å²) in [6, 6.07) is 6.73. The maximum atomic E-state index is 13.9. The molecule has 8 heteroatoms. The zero-order valence-corrected chi connectivity index (χ0v) is 14.7. The molecule has 1 aliphatic heterocycles. The molecule has 2 heterocycles. The van der Waals surface area contributed by atoms with E-state index >= 15 is 0 Å². The number of nitrogens with zero attached hydrogens (tertiary/aromatic N) is 2. The molecule has 0 fully saturated rings. The van der Waals surface area contributed by atoms with Crippen LogP contribution in [0.15, 0.2) is 35.3 Å². The zero-order valence-electron chi connectivity index (χ0n) is 13.9. The molecular weight excluding hydrogens is 374 g/mol. The highest BCUT2D eigenvalue weighted by Crippen LogP contribution is 2.35. The van der Waals surface area contributed by atoms with Crippen LogP contribution in [0, 0.1) is 24.0 Å². The molecule has 0 atom stereocenters. The van der Waals surface area contributed by atoms with Gasteiger partial charge >= 0.3 is 0 Å². The summed E-state index contributed by atoms with van der Waals surface area (Å²) in [7, 11) is 0. The van der Waals surface area contributed by atoms with Gasteiger partial charge in [-0.25, -0.2) is 8.78 Å². The highest BCUT2D eigenvalue weighted by atomic mass is 32.1. The monoisotopic (exact) mass is 386 g/mol. The van der Waals surface area contributed by atoms with E-state index in [2.05, 4.69) is 10.9 Å². The summed E-state index contributed by atoms with van der Waals surface area (Å²) >= 11 is 1.17. The molecule has 0 radical (unpaired) electrons. The largest absolute Gasteiger partial charge is 0.486 e. The Bertz CT molecular complexity index is 1150. The molecule has 0 bridgehead atoms. The van der Waals surface area contributed by atoms with Crippen molar-refractivity contribution in [3.63, 3.8) is 0 Å². The van der Waals surface area contributed by atoms with Crippen LogP contribution in [-0.2, 0) is 6.54 Å². The van der Waals surface area contributed by atoms with Gasteiger partial charge in [-0.1, -0.05) is 23.3 Å². The predicted octanol–water partition coefficient (Wildman–Crippen LogP) is 3.13. The van der Waals surface area contributed by atoms with Crippen LogP contribution < -0.4 is 14.3 Å². The maximum absolute atomic E-state index is 13.9. The first kappa shape index (κ1) is 17.2. The van der Waals surface area contributed by atoms with Crippen molar-refractivity contribution in [3.8, 4) is 23.8 Å². The van der Waals surface area contributed by atoms with Gasteiger partial charge in [0, 0.05) is 12.1 Å². The molecule has 136 valence electrons. The minimum absolute atomic E-state index is 0.130. The van der Waals surface area contributed by atoms with Gasteiger partial charge in [-0.05, 0) is 12.1 Å². The molecular formula is C19H12F2N2O3S. The highest BCUT2D eigenvalue weighted by molar-refractivity contribution is 7.16. The number of rotatable bonds is 2. The van der Waals surface area contributed by atoms with Gasteiger partial charge in [-0.15, -0.1) is 6.42 Å². The van der Waals surface area contributed by atoms with Crippen LogP contribution in [0.2, 0.25) is 0 Å². The Balaban J connectivity index is 1.90. The first-order chi connectivity index (χ1) is 13.1. The summed E-state index contributed by atoms with van der Waals surface area (Å²) < 4.78 is 41.3. The van der Waals surface area contributed by atoms with Crippen LogP contribution >= 0.6 is 11.3 Å². The molecule has 0 saturated carbocycles. The van der Waals surface area contributed by atoms with E-state index in [1.54, 1.807) is 16.7 Å². The SMILES string of the molecule is C#CCn1c(=NC(=O)c2c(F)cccc2F)sc2cc3c(cc21)OCCO3. The molecule has 0 saturated heterocycles. The smallest absolute Gasteiger partial charge is 0.285 e. The van der Waals surface area contributed by atoms with Crippen molar-refractivity contribution in [1.82, 2.24) is 4.57 Å². The van der Waals surface area contributed by atoms with Crippen molar-refractivity contribution < 1.29 is 23.0 Å². The average molecular weight is 386 g/mol. The topological polar surface area (TPSA) is 52.8 Å². The number of aromatic nitrogens is 1. The Labute approximate surface area is 156 Å². The van der Waals surface area contributed by atoms with Gasteiger partial charge in [0.15, 0.2) is 16.3 Å². The highest BCUT2D eigenvalue weighted by Gasteiger charge is 2.19. The van der Waals surface area contributed by atoms with Crippen LogP contribution in [0.5, 0.6) is 11.5 Å². The third-order valence-electron chi connectivity index (χ3n) is 3.97. The van der Waals surface area contributed by atoms with E-state index < -0.39 is 23.1 Å². The molecule has 1 aromatic heterocycles. The number of carbonyl (C=O) groups is 1.